The minimum absolute atomic E-state index is 0.0134. The van der Waals surface area contributed by atoms with Crippen molar-refractivity contribution in [1.29, 1.82) is 0 Å². The van der Waals surface area contributed by atoms with Crippen LogP contribution in [0, 0.1) is 19.8 Å². The van der Waals surface area contributed by atoms with E-state index in [1.165, 1.54) is 12.1 Å². The Balaban J connectivity index is 1.21. The lowest BCUT2D eigenvalue weighted by Crippen LogP contribution is -2.30. The van der Waals surface area contributed by atoms with Crippen LogP contribution >= 0.6 is 0 Å². The summed E-state index contributed by atoms with van der Waals surface area (Å²) >= 11 is 0. The minimum Gasteiger partial charge on any atom is -0.510 e. The van der Waals surface area contributed by atoms with Gasteiger partial charge in [-0.3, -0.25) is 0 Å². The molecule has 3 aromatic rings. The van der Waals surface area contributed by atoms with Gasteiger partial charge in [0, 0.05) is 5.56 Å². The number of rotatable bonds is 12. The average molecular weight is 560 g/mol. The summed E-state index contributed by atoms with van der Waals surface area (Å²) in [6.45, 7) is 8.56. The van der Waals surface area contributed by atoms with Crippen molar-refractivity contribution in [1.82, 2.24) is 4.98 Å². The number of aliphatic hydroxyl groups is 1. The van der Waals surface area contributed by atoms with Gasteiger partial charge in [0.15, 0.2) is 0 Å². The van der Waals surface area contributed by atoms with Crippen LogP contribution in [0.4, 0.5) is 13.2 Å². The Morgan fingerprint density at radius 3 is 2.60 bits per heavy atom. The van der Waals surface area contributed by atoms with Crippen LogP contribution in [0.3, 0.4) is 0 Å². The number of aromatic nitrogens is 1. The third kappa shape index (κ3) is 8.43. The largest absolute Gasteiger partial charge is 0.510 e. The van der Waals surface area contributed by atoms with Gasteiger partial charge in [-0.15, -0.1) is 0 Å². The van der Waals surface area contributed by atoms with Gasteiger partial charge < -0.3 is 23.7 Å². The zero-order valence-corrected chi connectivity index (χ0v) is 22.9. The van der Waals surface area contributed by atoms with E-state index in [1.54, 1.807) is 0 Å². The summed E-state index contributed by atoms with van der Waals surface area (Å²) in [5, 5.41) is 9.98. The van der Waals surface area contributed by atoms with E-state index in [2.05, 4.69) is 11.6 Å². The van der Waals surface area contributed by atoms with Crippen LogP contribution in [0.15, 0.2) is 65.3 Å². The standard InChI is InChI=1S/C31H36F3NO5/c1-20-6-4-8-25(14-20)30-35-28(22(3)40-30)18-37-16-24-7-5-9-27(15-24)38-19-29(21(2)36)39-17-23-10-12-26(13-11-23)31(32,33)34/h4,6,8,10-14,24,27,29,36H,2,5,7,9,15-19H2,1,3H3/t24?,27-,29?/m1/s1. The van der Waals surface area contributed by atoms with Crippen molar-refractivity contribution in [3.63, 3.8) is 0 Å². The third-order valence-corrected chi connectivity index (χ3v) is 7.07. The molecule has 4 rings (SSSR count). The van der Waals surface area contributed by atoms with Gasteiger partial charge >= 0.3 is 6.18 Å². The number of aliphatic hydroxyl groups excluding tert-OH is 1. The van der Waals surface area contributed by atoms with Gasteiger partial charge in [0.05, 0.1) is 38.1 Å². The number of benzene rings is 2. The van der Waals surface area contributed by atoms with Crippen LogP contribution in [0.25, 0.3) is 11.5 Å². The van der Waals surface area contributed by atoms with Crippen LogP contribution < -0.4 is 0 Å². The second-order valence-corrected chi connectivity index (χ2v) is 10.4. The van der Waals surface area contributed by atoms with Crippen LogP contribution in [0.1, 0.15) is 53.8 Å². The first-order valence-corrected chi connectivity index (χ1v) is 13.5. The SMILES string of the molecule is C=C(O)C(CO[C@@H]1CCCC(COCc2nc(-c3cccc(C)c3)oc2C)C1)OCc1ccc(C(F)(F)F)cc1. The zero-order chi connectivity index (χ0) is 28.7. The predicted molar refractivity (Wildman–Crippen MR) is 145 cm³/mol. The number of alkyl halides is 3. The molecule has 0 aliphatic heterocycles. The molecule has 6 nitrogen and oxygen atoms in total. The number of hydrogen-bond donors (Lipinski definition) is 1. The number of ether oxygens (including phenoxy) is 3. The maximum absolute atomic E-state index is 12.8. The van der Waals surface area contributed by atoms with Gasteiger partial charge in [-0.05, 0) is 68.9 Å². The topological polar surface area (TPSA) is 74.0 Å². The maximum Gasteiger partial charge on any atom is 0.416 e. The molecule has 1 saturated carbocycles. The molecule has 0 radical (unpaired) electrons. The number of nitrogens with zero attached hydrogens (tertiary/aromatic N) is 1. The lowest BCUT2D eigenvalue weighted by Gasteiger charge is -2.30. The molecule has 1 heterocycles. The van der Waals surface area contributed by atoms with Gasteiger partial charge in [-0.25, -0.2) is 4.98 Å². The molecule has 1 fully saturated rings. The van der Waals surface area contributed by atoms with Crippen LogP contribution in [0.5, 0.6) is 0 Å². The molecule has 1 aliphatic carbocycles. The van der Waals surface area contributed by atoms with Crippen LogP contribution in [-0.2, 0) is 33.6 Å². The van der Waals surface area contributed by atoms with E-state index in [0.29, 0.717) is 30.6 Å². The highest BCUT2D eigenvalue weighted by atomic mass is 19.4. The van der Waals surface area contributed by atoms with Crippen molar-refractivity contribution in [2.45, 2.75) is 71.1 Å². The second-order valence-electron chi connectivity index (χ2n) is 10.4. The van der Waals surface area contributed by atoms with E-state index in [9.17, 15) is 18.3 Å². The third-order valence-electron chi connectivity index (χ3n) is 7.07. The zero-order valence-electron chi connectivity index (χ0n) is 22.9. The smallest absolute Gasteiger partial charge is 0.416 e. The Kier molecular flexibility index (Phi) is 10.1. The molecule has 216 valence electrons. The lowest BCUT2D eigenvalue weighted by molar-refractivity contribution is -0.137. The molecule has 1 aliphatic rings. The van der Waals surface area contributed by atoms with Crippen molar-refractivity contribution < 1.29 is 36.9 Å². The van der Waals surface area contributed by atoms with E-state index < -0.39 is 17.8 Å². The number of oxazole rings is 1. The molecule has 2 aromatic carbocycles. The number of hydrogen-bond acceptors (Lipinski definition) is 6. The predicted octanol–water partition coefficient (Wildman–Crippen LogP) is 7.73. The van der Waals surface area contributed by atoms with Crippen molar-refractivity contribution in [2.75, 3.05) is 13.2 Å². The lowest BCUT2D eigenvalue weighted by atomic mass is 9.88. The highest BCUT2D eigenvalue weighted by Gasteiger charge is 2.30. The quantitative estimate of drug-likeness (QED) is 0.229. The fourth-order valence-corrected chi connectivity index (χ4v) is 4.78. The summed E-state index contributed by atoms with van der Waals surface area (Å²) in [5.41, 5.74) is 2.70. The molecule has 1 aromatic heterocycles. The molecule has 2 unspecified atom stereocenters. The first-order chi connectivity index (χ1) is 19.1. The summed E-state index contributed by atoms with van der Waals surface area (Å²) in [5.74, 6) is 1.47. The van der Waals surface area contributed by atoms with Crippen LogP contribution in [-0.4, -0.2) is 35.5 Å². The van der Waals surface area contributed by atoms with Gasteiger partial charge in [0.2, 0.25) is 5.89 Å². The summed E-state index contributed by atoms with van der Waals surface area (Å²) in [6.07, 6.45) is -1.45. The Morgan fingerprint density at radius 1 is 1.12 bits per heavy atom. The van der Waals surface area contributed by atoms with Crippen LogP contribution in [0.2, 0.25) is 0 Å². The summed E-state index contributed by atoms with van der Waals surface area (Å²) in [6, 6.07) is 12.8. The van der Waals surface area contributed by atoms with Gasteiger partial charge in [-0.1, -0.05) is 42.8 Å². The molecular weight excluding hydrogens is 523 g/mol. The van der Waals surface area contributed by atoms with Crippen molar-refractivity contribution in [2.24, 2.45) is 5.92 Å². The Hall–Kier alpha value is -3.14. The molecule has 0 spiro atoms. The van der Waals surface area contributed by atoms with Crippen molar-refractivity contribution in [3.8, 4) is 11.5 Å². The molecule has 3 atom stereocenters. The van der Waals surface area contributed by atoms with E-state index in [-0.39, 0.29) is 25.1 Å². The monoisotopic (exact) mass is 559 g/mol. The minimum atomic E-state index is -4.39. The highest BCUT2D eigenvalue weighted by Crippen LogP contribution is 2.30. The second kappa shape index (κ2) is 13.5. The molecule has 0 bridgehead atoms. The number of aryl methyl sites for hydroxylation is 2. The first-order valence-electron chi connectivity index (χ1n) is 13.5. The Morgan fingerprint density at radius 2 is 1.90 bits per heavy atom. The molecular formula is C31H36F3NO5. The summed E-state index contributed by atoms with van der Waals surface area (Å²) in [4.78, 5) is 4.63. The Bertz CT molecular complexity index is 1250. The maximum atomic E-state index is 12.8. The first kappa shape index (κ1) is 29.8. The molecule has 1 N–H and O–H groups in total. The van der Waals surface area contributed by atoms with Crippen molar-refractivity contribution in [3.05, 3.63) is 89.0 Å². The van der Waals surface area contributed by atoms with E-state index in [1.807, 2.05) is 38.1 Å². The fourth-order valence-electron chi connectivity index (χ4n) is 4.78. The number of halogens is 3. The molecule has 0 saturated heterocycles. The van der Waals surface area contributed by atoms with E-state index >= 15 is 0 Å². The molecule has 9 heteroatoms. The molecule has 0 amide bonds. The summed E-state index contributed by atoms with van der Waals surface area (Å²) < 4.78 is 61.9. The van der Waals surface area contributed by atoms with E-state index in [4.69, 9.17) is 18.6 Å². The fraction of sp³-hybridized carbons (Fsp3) is 0.452. The molecule has 40 heavy (non-hydrogen) atoms. The van der Waals surface area contributed by atoms with E-state index in [0.717, 1.165) is 60.4 Å². The highest BCUT2D eigenvalue weighted by molar-refractivity contribution is 5.54. The Labute approximate surface area is 232 Å². The van der Waals surface area contributed by atoms with Gasteiger partial charge in [0.25, 0.3) is 0 Å². The summed E-state index contributed by atoms with van der Waals surface area (Å²) in [7, 11) is 0. The van der Waals surface area contributed by atoms with Crippen molar-refractivity contribution >= 4 is 0 Å². The van der Waals surface area contributed by atoms with Gasteiger partial charge in [-0.2, -0.15) is 13.2 Å². The van der Waals surface area contributed by atoms with Gasteiger partial charge in [0.1, 0.15) is 23.3 Å². The normalized spacial score (nSPS) is 18.5. The average Bonchev–Trinajstić information content (AvgIpc) is 3.29.